The van der Waals surface area contributed by atoms with Gasteiger partial charge in [0.1, 0.15) is 5.82 Å². The van der Waals surface area contributed by atoms with Gasteiger partial charge in [-0.2, -0.15) is 0 Å². The lowest BCUT2D eigenvalue weighted by Crippen LogP contribution is -2.21. The first kappa shape index (κ1) is 10.9. The molecule has 15 heavy (non-hydrogen) atoms. The summed E-state index contributed by atoms with van der Waals surface area (Å²) in [7, 11) is 0. The average Bonchev–Trinajstić information content (AvgIpc) is 2.08. The van der Waals surface area contributed by atoms with Crippen molar-refractivity contribution in [3.05, 3.63) is 28.0 Å². The summed E-state index contributed by atoms with van der Waals surface area (Å²) in [5.74, 6) is -0.134. The molecular formula is C11H13BrFNO. The van der Waals surface area contributed by atoms with Gasteiger partial charge in [0.05, 0.1) is 11.8 Å². The van der Waals surface area contributed by atoms with Crippen LogP contribution in [-0.4, -0.2) is 5.11 Å². The van der Waals surface area contributed by atoms with Gasteiger partial charge in [-0.1, -0.05) is 6.42 Å². The van der Waals surface area contributed by atoms with Crippen molar-refractivity contribution in [2.24, 2.45) is 5.92 Å². The fraction of sp³-hybridized carbons (Fsp3) is 0.455. The summed E-state index contributed by atoms with van der Waals surface area (Å²) in [4.78, 5) is 0. The van der Waals surface area contributed by atoms with Gasteiger partial charge >= 0.3 is 0 Å². The maximum atomic E-state index is 13.2. The lowest BCUT2D eigenvalue weighted by Gasteiger charge is -2.31. The maximum absolute atomic E-state index is 13.2. The molecular weight excluding hydrogens is 261 g/mol. The third kappa shape index (κ3) is 2.01. The van der Waals surface area contributed by atoms with Crippen molar-refractivity contribution in [2.45, 2.75) is 25.4 Å². The topological polar surface area (TPSA) is 46.2 Å². The third-order valence-corrected chi connectivity index (χ3v) is 3.70. The summed E-state index contributed by atoms with van der Waals surface area (Å²) in [5.41, 5.74) is 6.74. The van der Waals surface area contributed by atoms with Gasteiger partial charge < -0.3 is 10.8 Å². The number of aliphatic hydroxyl groups excluding tert-OH is 1. The molecule has 1 aromatic carbocycles. The van der Waals surface area contributed by atoms with Gasteiger partial charge in [0.15, 0.2) is 0 Å². The largest absolute Gasteiger partial charge is 0.398 e. The van der Waals surface area contributed by atoms with E-state index in [1.165, 1.54) is 12.1 Å². The van der Waals surface area contributed by atoms with Gasteiger partial charge in [-0.05, 0) is 46.8 Å². The molecule has 0 aliphatic heterocycles. The van der Waals surface area contributed by atoms with Crippen LogP contribution in [0, 0.1) is 11.7 Å². The summed E-state index contributed by atoms with van der Waals surface area (Å²) in [5, 5.41) is 10.0. The van der Waals surface area contributed by atoms with E-state index in [0.29, 0.717) is 15.7 Å². The molecule has 0 spiro atoms. The molecule has 82 valence electrons. The van der Waals surface area contributed by atoms with Gasteiger partial charge in [0.2, 0.25) is 0 Å². The highest BCUT2D eigenvalue weighted by Crippen LogP contribution is 2.41. The van der Waals surface area contributed by atoms with E-state index < -0.39 is 6.10 Å². The minimum Gasteiger partial charge on any atom is -0.398 e. The Morgan fingerprint density at radius 1 is 1.47 bits per heavy atom. The number of rotatable bonds is 2. The smallest absolute Gasteiger partial charge is 0.124 e. The van der Waals surface area contributed by atoms with Crippen LogP contribution in [0.3, 0.4) is 0 Å². The third-order valence-electron chi connectivity index (χ3n) is 3.04. The van der Waals surface area contributed by atoms with Gasteiger partial charge in [0.25, 0.3) is 0 Å². The molecule has 1 aromatic rings. The van der Waals surface area contributed by atoms with E-state index in [1.807, 2.05) is 0 Å². The molecule has 2 nitrogen and oxygen atoms in total. The zero-order valence-corrected chi connectivity index (χ0v) is 9.80. The number of hydrogen-bond acceptors (Lipinski definition) is 2. The Bertz CT molecular complexity index is 379. The number of nitrogens with two attached hydrogens (primary N) is 1. The van der Waals surface area contributed by atoms with Crippen molar-refractivity contribution in [1.82, 2.24) is 0 Å². The fourth-order valence-electron chi connectivity index (χ4n) is 1.86. The molecule has 0 aromatic heterocycles. The molecule has 0 radical (unpaired) electrons. The second-order valence-corrected chi connectivity index (χ2v) is 4.88. The molecule has 1 unspecified atom stereocenters. The highest BCUT2D eigenvalue weighted by molar-refractivity contribution is 9.10. The number of hydrogen-bond donors (Lipinski definition) is 2. The Labute approximate surface area is 96.4 Å². The maximum Gasteiger partial charge on any atom is 0.124 e. The fourth-order valence-corrected chi connectivity index (χ4v) is 2.31. The SMILES string of the molecule is Nc1c(Br)cc(F)cc1C(O)C1CCC1. The van der Waals surface area contributed by atoms with Crippen LogP contribution in [0.25, 0.3) is 0 Å². The van der Waals surface area contributed by atoms with Gasteiger partial charge in [0, 0.05) is 10.0 Å². The first-order valence-electron chi connectivity index (χ1n) is 5.02. The van der Waals surface area contributed by atoms with E-state index >= 15 is 0 Å². The van der Waals surface area contributed by atoms with E-state index in [9.17, 15) is 9.50 Å². The van der Waals surface area contributed by atoms with Gasteiger partial charge in [-0.25, -0.2) is 4.39 Å². The molecule has 1 aliphatic rings. The molecule has 3 N–H and O–H groups in total. The lowest BCUT2D eigenvalue weighted by atomic mass is 9.78. The van der Waals surface area contributed by atoms with Crippen LogP contribution in [0.1, 0.15) is 30.9 Å². The van der Waals surface area contributed by atoms with Crippen LogP contribution >= 0.6 is 15.9 Å². The Kier molecular flexibility index (Phi) is 2.98. The highest BCUT2D eigenvalue weighted by Gasteiger charge is 2.28. The molecule has 1 fully saturated rings. The molecule has 0 amide bonds. The molecule has 0 bridgehead atoms. The lowest BCUT2D eigenvalue weighted by molar-refractivity contribution is 0.0624. The van der Waals surface area contributed by atoms with E-state index in [4.69, 9.17) is 5.73 Å². The summed E-state index contributed by atoms with van der Waals surface area (Å²) in [6.45, 7) is 0. The molecule has 1 atom stereocenters. The summed E-state index contributed by atoms with van der Waals surface area (Å²) in [6, 6.07) is 2.63. The highest BCUT2D eigenvalue weighted by atomic mass is 79.9. The standard InChI is InChI=1S/C11H13BrFNO/c12-9-5-7(13)4-8(10(9)14)11(15)6-2-1-3-6/h4-6,11,15H,1-3,14H2. The molecule has 1 aliphatic carbocycles. The Hall–Kier alpha value is -0.610. The summed E-state index contributed by atoms with van der Waals surface area (Å²) >= 11 is 3.18. The first-order chi connectivity index (χ1) is 7.09. The van der Waals surface area contributed by atoms with Crippen molar-refractivity contribution < 1.29 is 9.50 Å². The van der Waals surface area contributed by atoms with Crippen LogP contribution in [0.2, 0.25) is 0 Å². The number of aliphatic hydroxyl groups is 1. The van der Waals surface area contributed by atoms with Crippen molar-refractivity contribution in [1.29, 1.82) is 0 Å². The zero-order chi connectivity index (χ0) is 11.0. The predicted octanol–water partition coefficient (Wildman–Crippen LogP) is 3.00. The number of benzene rings is 1. The van der Waals surface area contributed by atoms with Gasteiger partial charge in [-0.3, -0.25) is 0 Å². The minimum atomic E-state index is -0.634. The van der Waals surface area contributed by atoms with Crippen LogP contribution in [0.5, 0.6) is 0 Å². The van der Waals surface area contributed by atoms with E-state index in [0.717, 1.165) is 19.3 Å². The van der Waals surface area contributed by atoms with Crippen molar-refractivity contribution in [2.75, 3.05) is 5.73 Å². The zero-order valence-electron chi connectivity index (χ0n) is 8.21. The van der Waals surface area contributed by atoms with E-state index in [-0.39, 0.29) is 11.7 Å². The van der Waals surface area contributed by atoms with Crippen LogP contribution < -0.4 is 5.73 Å². The van der Waals surface area contributed by atoms with Crippen LogP contribution in [0.15, 0.2) is 16.6 Å². The first-order valence-corrected chi connectivity index (χ1v) is 5.81. The molecule has 1 saturated carbocycles. The van der Waals surface area contributed by atoms with Gasteiger partial charge in [-0.15, -0.1) is 0 Å². The molecule has 0 saturated heterocycles. The summed E-state index contributed by atoms with van der Waals surface area (Å²) < 4.78 is 13.7. The monoisotopic (exact) mass is 273 g/mol. The number of halogens is 2. The quantitative estimate of drug-likeness (QED) is 0.814. The Morgan fingerprint density at radius 3 is 2.67 bits per heavy atom. The van der Waals surface area contributed by atoms with Crippen molar-refractivity contribution >= 4 is 21.6 Å². The van der Waals surface area contributed by atoms with Crippen LogP contribution in [-0.2, 0) is 0 Å². The molecule has 2 rings (SSSR count). The van der Waals surface area contributed by atoms with E-state index in [1.54, 1.807) is 0 Å². The molecule has 4 heteroatoms. The second-order valence-electron chi connectivity index (χ2n) is 4.03. The number of nitrogen functional groups attached to an aromatic ring is 1. The second kappa shape index (κ2) is 4.10. The average molecular weight is 274 g/mol. The van der Waals surface area contributed by atoms with E-state index in [2.05, 4.69) is 15.9 Å². The van der Waals surface area contributed by atoms with Crippen molar-refractivity contribution in [3.8, 4) is 0 Å². The van der Waals surface area contributed by atoms with Crippen LogP contribution in [0.4, 0.5) is 10.1 Å². The molecule has 0 heterocycles. The summed E-state index contributed by atoms with van der Waals surface area (Å²) in [6.07, 6.45) is 2.49. The normalized spacial score (nSPS) is 18.6. The Balaban J connectivity index is 2.33. The Morgan fingerprint density at radius 2 is 2.13 bits per heavy atom. The van der Waals surface area contributed by atoms with Crippen molar-refractivity contribution in [3.63, 3.8) is 0 Å². The number of anilines is 1. The minimum absolute atomic E-state index is 0.237. The predicted molar refractivity (Wildman–Crippen MR) is 60.8 cm³/mol.